The zero-order valence-corrected chi connectivity index (χ0v) is 16.2. The van der Waals surface area contributed by atoms with Crippen LogP contribution in [0.25, 0.3) is 11.1 Å². The third kappa shape index (κ3) is 2.88. The Morgan fingerprint density at radius 1 is 1.21 bits per heavy atom. The molecular formula is C21H25N3O4. The van der Waals surface area contributed by atoms with Crippen molar-refractivity contribution in [2.75, 3.05) is 13.1 Å². The van der Waals surface area contributed by atoms with Crippen LogP contribution in [-0.2, 0) is 4.79 Å². The predicted octanol–water partition coefficient (Wildman–Crippen LogP) is 3.41. The number of likely N-dealkylation sites (tertiary alicyclic amines) is 1. The molecule has 28 heavy (non-hydrogen) atoms. The monoisotopic (exact) mass is 383 g/mol. The second-order valence-electron chi connectivity index (χ2n) is 8.93. The molecule has 2 saturated carbocycles. The fourth-order valence-electron chi connectivity index (χ4n) is 4.57. The van der Waals surface area contributed by atoms with Crippen LogP contribution in [0.5, 0.6) is 0 Å². The lowest BCUT2D eigenvalue weighted by molar-refractivity contribution is -0.142. The summed E-state index contributed by atoms with van der Waals surface area (Å²) < 4.78 is 5.49. The lowest BCUT2D eigenvalue weighted by Gasteiger charge is -2.18. The molecule has 0 aromatic carbocycles. The number of aromatic nitrogens is 2. The zero-order valence-electron chi connectivity index (χ0n) is 16.2. The van der Waals surface area contributed by atoms with E-state index < -0.39 is 11.9 Å². The molecule has 2 aliphatic carbocycles. The molecule has 1 saturated heterocycles. The number of nitrogens with zero attached hydrogens (tertiary/aromatic N) is 3. The highest BCUT2D eigenvalue weighted by atomic mass is 16.5. The minimum Gasteiger partial charge on any atom is -0.481 e. The van der Waals surface area contributed by atoms with E-state index in [0.29, 0.717) is 35.0 Å². The summed E-state index contributed by atoms with van der Waals surface area (Å²) in [4.78, 5) is 31.6. The summed E-state index contributed by atoms with van der Waals surface area (Å²) in [5.41, 5.74) is 2.61. The lowest BCUT2D eigenvalue weighted by Crippen LogP contribution is -2.30. The molecule has 3 heterocycles. The Bertz CT molecular complexity index is 958. The van der Waals surface area contributed by atoms with Crippen molar-refractivity contribution in [1.29, 1.82) is 0 Å². The first-order chi connectivity index (χ1) is 13.4. The minimum absolute atomic E-state index is 0.0636. The Morgan fingerprint density at radius 3 is 2.57 bits per heavy atom. The first-order valence-corrected chi connectivity index (χ1v) is 10.3. The number of amides is 1. The minimum atomic E-state index is -0.793. The normalized spacial score (nSPS) is 25.0. The molecule has 5 rings (SSSR count). The molecule has 1 amide bonds. The van der Waals surface area contributed by atoms with Crippen molar-refractivity contribution in [3.63, 3.8) is 0 Å². The van der Waals surface area contributed by atoms with Crippen LogP contribution in [0, 0.1) is 17.8 Å². The van der Waals surface area contributed by atoms with E-state index in [-0.39, 0.29) is 24.3 Å². The summed E-state index contributed by atoms with van der Waals surface area (Å²) in [6.45, 7) is 4.82. The first-order valence-electron chi connectivity index (χ1n) is 10.3. The van der Waals surface area contributed by atoms with Crippen molar-refractivity contribution in [2.24, 2.45) is 17.8 Å². The second-order valence-corrected chi connectivity index (χ2v) is 8.93. The van der Waals surface area contributed by atoms with Crippen molar-refractivity contribution in [1.82, 2.24) is 15.0 Å². The molecular weight excluding hydrogens is 358 g/mol. The number of fused-ring (bicyclic) bond motifs is 1. The van der Waals surface area contributed by atoms with Gasteiger partial charge in [-0.25, -0.2) is 4.98 Å². The molecule has 7 nitrogen and oxygen atoms in total. The summed E-state index contributed by atoms with van der Waals surface area (Å²) in [5.74, 6) is -0.385. The van der Waals surface area contributed by atoms with Gasteiger partial charge in [-0.3, -0.25) is 9.59 Å². The maximum atomic E-state index is 13.5. The highest BCUT2D eigenvalue weighted by Crippen LogP contribution is 2.45. The molecule has 0 unspecified atom stereocenters. The summed E-state index contributed by atoms with van der Waals surface area (Å²) in [6.07, 6.45) is 4.30. The molecule has 3 fully saturated rings. The molecule has 1 aliphatic heterocycles. The van der Waals surface area contributed by atoms with Gasteiger partial charge in [-0.1, -0.05) is 19.0 Å². The average molecular weight is 383 g/mol. The maximum Gasteiger partial charge on any atom is 0.308 e. The first kappa shape index (κ1) is 17.6. The molecule has 148 valence electrons. The molecule has 7 heteroatoms. The lowest BCUT2D eigenvalue weighted by atomic mass is 9.92. The molecule has 3 aliphatic rings. The summed E-state index contributed by atoms with van der Waals surface area (Å²) >= 11 is 0. The molecule has 0 radical (unpaired) electrons. The van der Waals surface area contributed by atoms with Gasteiger partial charge >= 0.3 is 5.97 Å². The third-order valence-corrected chi connectivity index (χ3v) is 6.46. The van der Waals surface area contributed by atoms with E-state index in [1.54, 1.807) is 4.90 Å². The number of rotatable bonds is 5. The van der Waals surface area contributed by atoms with Crippen molar-refractivity contribution in [3.8, 4) is 0 Å². The molecule has 2 aromatic heterocycles. The fourth-order valence-corrected chi connectivity index (χ4v) is 4.57. The van der Waals surface area contributed by atoms with E-state index in [1.807, 2.05) is 19.9 Å². The van der Waals surface area contributed by atoms with Crippen LogP contribution < -0.4 is 0 Å². The summed E-state index contributed by atoms with van der Waals surface area (Å²) in [7, 11) is 0. The second kappa shape index (κ2) is 6.29. The van der Waals surface area contributed by atoms with Crippen LogP contribution in [0.15, 0.2) is 10.6 Å². The SMILES string of the molecule is CC(C)c1noc2nc(C3CC3)cc(C(=O)N3C[C@H](C(=O)O)[C@@H](C4CC4)C3)c12. The molecule has 2 aromatic rings. The Labute approximate surface area is 163 Å². The van der Waals surface area contributed by atoms with E-state index in [0.717, 1.165) is 37.1 Å². The molecule has 0 spiro atoms. The quantitative estimate of drug-likeness (QED) is 0.850. The predicted molar refractivity (Wildman–Crippen MR) is 101 cm³/mol. The van der Waals surface area contributed by atoms with E-state index in [4.69, 9.17) is 4.52 Å². The van der Waals surface area contributed by atoms with Gasteiger partial charge in [0, 0.05) is 24.7 Å². The van der Waals surface area contributed by atoms with Crippen LogP contribution in [0.3, 0.4) is 0 Å². The van der Waals surface area contributed by atoms with Crippen LogP contribution in [0.1, 0.15) is 73.1 Å². The van der Waals surface area contributed by atoms with Gasteiger partial charge in [-0.05, 0) is 49.5 Å². The van der Waals surface area contributed by atoms with Crippen molar-refractivity contribution in [2.45, 2.75) is 51.4 Å². The largest absolute Gasteiger partial charge is 0.481 e. The van der Waals surface area contributed by atoms with Crippen LogP contribution in [0.4, 0.5) is 0 Å². The Morgan fingerprint density at radius 2 is 1.96 bits per heavy atom. The topological polar surface area (TPSA) is 96.5 Å². The van der Waals surface area contributed by atoms with Crippen LogP contribution >= 0.6 is 0 Å². The number of hydrogen-bond donors (Lipinski definition) is 1. The fraction of sp³-hybridized carbons (Fsp3) is 0.619. The van der Waals surface area contributed by atoms with Crippen molar-refractivity contribution >= 4 is 23.0 Å². The third-order valence-electron chi connectivity index (χ3n) is 6.46. The van der Waals surface area contributed by atoms with Crippen LogP contribution in [0.2, 0.25) is 0 Å². The number of carbonyl (C=O) groups excluding carboxylic acids is 1. The van der Waals surface area contributed by atoms with Gasteiger partial charge in [0.05, 0.1) is 22.6 Å². The van der Waals surface area contributed by atoms with Gasteiger partial charge in [0.2, 0.25) is 0 Å². The van der Waals surface area contributed by atoms with Crippen molar-refractivity contribution in [3.05, 3.63) is 23.0 Å². The molecule has 0 bridgehead atoms. The highest BCUT2D eigenvalue weighted by molar-refractivity contribution is 6.06. The number of carbonyl (C=O) groups is 2. The van der Waals surface area contributed by atoms with E-state index in [9.17, 15) is 14.7 Å². The standard InChI is InChI=1S/C21H25N3O4/c1-10(2)18-17-13(7-16(12-5-6-12)22-19(17)28-23-18)20(25)24-8-14(11-3-4-11)15(9-24)21(26)27/h7,10-12,14-15H,3-6,8-9H2,1-2H3,(H,26,27)/t14-,15+/m1/s1. The maximum absolute atomic E-state index is 13.5. The van der Waals surface area contributed by atoms with Gasteiger partial charge in [0.25, 0.3) is 11.6 Å². The van der Waals surface area contributed by atoms with Gasteiger partial charge in [0.1, 0.15) is 0 Å². The molecule has 1 N–H and O–H groups in total. The Hall–Kier alpha value is -2.44. The number of hydrogen-bond acceptors (Lipinski definition) is 5. The van der Waals surface area contributed by atoms with E-state index in [2.05, 4.69) is 10.1 Å². The smallest absolute Gasteiger partial charge is 0.308 e. The van der Waals surface area contributed by atoms with Gasteiger partial charge < -0.3 is 14.5 Å². The number of pyridine rings is 1. The number of aliphatic carboxylic acids is 1. The Balaban J connectivity index is 1.55. The zero-order chi connectivity index (χ0) is 19.6. The summed E-state index contributed by atoms with van der Waals surface area (Å²) in [6, 6.07) is 1.89. The molecule has 2 atom stereocenters. The number of carboxylic acids is 1. The van der Waals surface area contributed by atoms with Crippen LogP contribution in [-0.4, -0.2) is 45.1 Å². The number of carboxylic acid groups (broad SMARTS) is 1. The average Bonchev–Trinajstić information content (AvgIpc) is 3.59. The van der Waals surface area contributed by atoms with Gasteiger partial charge in [-0.2, -0.15) is 0 Å². The highest BCUT2D eigenvalue weighted by Gasteiger charge is 2.47. The summed E-state index contributed by atoms with van der Waals surface area (Å²) in [5, 5.41) is 14.5. The van der Waals surface area contributed by atoms with Gasteiger partial charge in [-0.15, -0.1) is 0 Å². The van der Waals surface area contributed by atoms with Crippen molar-refractivity contribution < 1.29 is 19.2 Å². The van der Waals surface area contributed by atoms with Gasteiger partial charge in [0.15, 0.2) is 0 Å². The van der Waals surface area contributed by atoms with E-state index >= 15 is 0 Å². The van der Waals surface area contributed by atoms with E-state index in [1.165, 1.54) is 0 Å². The Kier molecular flexibility index (Phi) is 3.96.